The molecule has 1 N–H and O–H groups in total. The van der Waals surface area contributed by atoms with Gasteiger partial charge in [0.15, 0.2) is 11.5 Å². The number of nitrogens with one attached hydrogen (secondary N) is 1. The van der Waals surface area contributed by atoms with Crippen LogP contribution in [0.3, 0.4) is 0 Å². The van der Waals surface area contributed by atoms with Gasteiger partial charge in [-0.15, -0.1) is 0 Å². The standard InChI is InChI=1S/C21H21ClN2O2.ClH/c1-25-21-12-17(13-23-14-19-4-2-3-11-24-19)7-10-20(21)26-15-16-5-8-18(22)9-6-16;/h2-12,23H,13-15H2,1H3;1H/p-1. The van der Waals surface area contributed by atoms with Crippen LogP contribution in [-0.4, -0.2) is 12.1 Å². The van der Waals surface area contributed by atoms with Gasteiger partial charge in [-0.1, -0.05) is 35.9 Å². The maximum atomic E-state index is 5.90. The van der Waals surface area contributed by atoms with E-state index in [0.29, 0.717) is 11.6 Å². The molecule has 0 aliphatic heterocycles. The number of halogens is 2. The van der Waals surface area contributed by atoms with Crippen LogP contribution in [0.1, 0.15) is 16.8 Å². The van der Waals surface area contributed by atoms with E-state index in [2.05, 4.69) is 10.3 Å². The van der Waals surface area contributed by atoms with Gasteiger partial charge in [-0.3, -0.25) is 4.98 Å². The molecule has 0 aliphatic rings. The first-order chi connectivity index (χ1) is 12.7. The third kappa shape index (κ3) is 6.43. The maximum Gasteiger partial charge on any atom is 0.161 e. The van der Waals surface area contributed by atoms with Crippen molar-refractivity contribution in [2.45, 2.75) is 19.7 Å². The van der Waals surface area contributed by atoms with Gasteiger partial charge in [-0.2, -0.15) is 0 Å². The molecule has 3 rings (SSSR count). The average Bonchev–Trinajstić information content (AvgIpc) is 2.69. The van der Waals surface area contributed by atoms with Gasteiger partial charge in [0.25, 0.3) is 0 Å². The zero-order valence-electron chi connectivity index (χ0n) is 15.0. The highest BCUT2D eigenvalue weighted by atomic mass is 35.5. The summed E-state index contributed by atoms with van der Waals surface area (Å²) in [6.07, 6.45) is 1.80. The van der Waals surface area contributed by atoms with Gasteiger partial charge in [0.1, 0.15) is 6.61 Å². The van der Waals surface area contributed by atoms with E-state index in [0.717, 1.165) is 41.4 Å². The van der Waals surface area contributed by atoms with Crippen molar-refractivity contribution in [3.63, 3.8) is 0 Å². The smallest absolute Gasteiger partial charge is 0.161 e. The molecule has 1 heterocycles. The van der Waals surface area contributed by atoms with Crippen LogP contribution < -0.4 is 27.2 Å². The van der Waals surface area contributed by atoms with Crippen LogP contribution in [0.5, 0.6) is 11.5 Å². The molecule has 0 amide bonds. The third-order valence-electron chi connectivity index (χ3n) is 3.90. The SMILES string of the molecule is COc1cc(CNCc2ccccn2)ccc1OCc1ccc(Cl)cc1.[Cl-]. The van der Waals surface area contributed by atoms with Crippen molar-refractivity contribution in [3.8, 4) is 11.5 Å². The van der Waals surface area contributed by atoms with Crippen LogP contribution in [0.25, 0.3) is 0 Å². The topological polar surface area (TPSA) is 43.4 Å². The van der Waals surface area contributed by atoms with Crippen molar-refractivity contribution in [3.05, 3.63) is 88.7 Å². The molecule has 27 heavy (non-hydrogen) atoms. The first kappa shape index (κ1) is 21.0. The zero-order valence-corrected chi connectivity index (χ0v) is 16.5. The monoisotopic (exact) mass is 403 g/mol. The summed E-state index contributed by atoms with van der Waals surface area (Å²) >= 11 is 5.90. The third-order valence-corrected chi connectivity index (χ3v) is 4.15. The van der Waals surface area contributed by atoms with Gasteiger partial charge in [0.05, 0.1) is 12.8 Å². The van der Waals surface area contributed by atoms with Crippen LogP contribution in [0.4, 0.5) is 0 Å². The van der Waals surface area contributed by atoms with Gasteiger partial charge in [-0.05, 0) is 47.5 Å². The van der Waals surface area contributed by atoms with Crippen molar-refractivity contribution in [1.82, 2.24) is 10.3 Å². The maximum absolute atomic E-state index is 5.90. The van der Waals surface area contributed by atoms with Gasteiger partial charge in [0, 0.05) is 24.3 Å². The Morgan fingerprint density at radius 2 is 1.70 bits per heavy atom. The molecule has 0 aliphatic carbocycles. The Morgan fingerprint density at radius 1 is 0.926 bits per heavy atom. The molecule has 3 aromatic rings. The lowest BCUT2D eigenvalue weighted by Gasteiger charge is -2.13. The number of pyridine rings is 1. The second-order valence-electron chi connectivity index (χ2n) is 5.82. The van der Waals surface area contributed by atoms with E-state index in [1.54, 1.807) is 13.3 Å². The first-order valence-electron chi connectivity index (χ1n) is 8.39. The van der Waals surface area contributed by atoms with E-state index in [1.165, 1.54) is 0 Å². The quantitative estimate of drug-likeness (QED) is 0.620. The molecule has 0 spiro atoms. The molecule has 0 saturated carbocycles. The Bertz CT molecular complexity index is 827. The fourth-order valence-electron chi connectivity index (χ4n) is 2.52. The summed E-state index contributed by atoms with van der Waals surface area (Å²) < 4.78 is 11.4. The highest BCUT2D eigenvalue weighted by molar-refractivity contribution is 6.30. The summed E-state index contributed by atoms with van der Waals surface area (Å²) in [6.45, 7) is 1.91. The Balaban J connectivity index is 0.00000261. The highest BCUT2D eigenvalue weighted by Crippen LogP contribution is 2.29. The lowest BCUT2D eigenvalue weighted by molar-refractivity contribution is -0.00000583. The lowest BCUT2D eigenvalue weighted by Crippen LogP contribution is -3.00. The molecule has 4 nitrogen and oxygen atoms in total. The molecular formula is C21H21Cl2N2O2-. The molecule has 6 heteroatoms. The molecule has 0 unspecified atom stereocenters. The van der Waals surface area contributed by atoms with Crippen LogP contribution in [-0.2, 0) is 19.7 Å². The molecule has 0 fully saturated rings. The first-order valence-corrected chi connectivity index (χ1v) is 8.77. The molecule has 142 valence electrons. The molecule has 0 bridgehead atoms. The zero-order chi connectivity index (χ0) is 18.2. The Labute approximate surface area is 170 Å². The normalized spacial score (nSPS) is 10.1. The second-order valence-corrected chi connectivity index (χ2v) is 6.26. The van der Waals surface area contributed by atoms with Crippen molar-refractivity contribution in [2.75, 3.05) is 7.11 Å². The van der Waals surface area contributed by atoms with Crippen LogP contribution in [0.15, 0.2) is 66.9 Å². The number of rotatable bonds is 8. The minimum atomic E-state index is 0. The van der Waals surface area contributed by atoms with Crippen LogP contribution >= 0.6 is 11.6 Å². The van der Waals surface area contributed by atoms with Crippen molar-refractivity contribution >= 4 is 11.6 Å². The van der Waals surface area contributed by atoms with E-state index in [-0.39, 0.29) is 12.4 Å². The molecular weight excluding hydrogens is 383 g/mol. The number of methoxy groups -OCH3 is 1. The van der Waals surface area contributed by atoms with Crippen LogP contribution in [0.2, 0.25) is 5.02 Å². The molecule has 2 aromatic carbocycles. The van der Waals surface area contributed by atoms with E-state index in [1.807, 2.05) is 60.7 Å². The number of hydrogen-bond donors (Lipinski definition) is 1. The van der Waals surface area contributed by atoms with Crippen LogP contribution in [0, 0.1) is 0 Å². The number of hydrogen-bond acceptors (Lipinski definition) is 4. The predicted molar refractivity (Wildman–Crippen MR) is 104 cm³/mol. The van der Waals surface area contributed by atoms with E-state index < -0.39 is 0 Å². The Hall–Kier alpha value is -2.27. The fraction of sp³-hybridized carbons (Fsp3) is 0.190. The van der Waals surface area contributed by atoms with E-state index in [4.69, 9.17) is 21.1 Å². The van der Waals surface area contributed by atoms with Crippen molar-refractivity contribution in [2.24, 2.45) is 0 Å². The lowest BCUT2D eigenvalue weighted by atomic mass is 10.2. The number of ether oxygens (including phenoxy) is 2. The fourth-order valence-corrected chi connectivity index (χ4v) is 2.65. The average molecular weight is 404 g/mol. The van der Waals surface area contributed by atoms with Gasteiger partial charge >= 0.3 is 0 Å². The highest BCUT2D eigenvalue weighted by Gasteiger charge is 2.06. The van der Waals surface area contributed by atoms with Gasteiger partial charge in [-0.25, -0.2) is 0 Å². The molecule has 1 aromatic heterocycles. The number of nitrogens with zero attached hydrogens (tertiary/aromatic N) is 1. The minimum Gasteiger partial charge on any atom is -1.00 e. The largest absolute Gasteiger partial charge is 1.00 e. The van der Waals surface area contributed by atoms with E-state index in [9.17, 15) is 0 Å². The van der Waals surface area contributed by atoms with Gasteiger partial charge < -0.3 is 27.2 Å². The number of benzene rings is 2. The molecule has 0 saturated heterocycles. The minimum absolute atomic E-state index is 0. The summed E-state index contributed by atoms with van der Waals surface area (Å²) in [6, 6.07) is 19.5. The van der Waals surface area contributed by atoms with E-state index >= 15 is 0 Å². The summed E-state index contributed by atoms with van der Waals surface area (Å²) in [5.74, 6) is 1.44. The van der Waals surface area contributed by atoms with Gasteiger partial charge in [0.2, 0.25) is 0 Å². The summed E-state index contributed by atoms with van der Waals surface area (Å²) in [5, 5.41) is 4.10. The summed E-state index contributed by atoms with van der Waals surface area (Å²) in [7, 11) is 1.65. The van der Waals surface area contributed by atoms with Crippen molar-refractivity contribution < 1.29 is 21.9 Å². The molecule has 0 atom stereocenters. The Kier molecular flexibility index (Phi) is 8.40. The predicted octanol–water partition coefficient (Wildman–Crippen LogP) is 1.62. The van der Waals surface area contributed by atoms with Crippen molar-refractivity contribution in [1.29, 1.82) is 0 Å². The number of aromatic nitrogens is 1. The summed E-state index contributed by atoms with van der Waals surface area (Å²) in [4.78, 5) is 4.30. The Morgan fingerprint density at radius 3 is 2.41 bits per heavy atom. The second kappa shape index (κ2) is 10.8. The molecule has 0 radical (unpaired) electrons. The summed E-state index contributed by atoms with van der Waals surface area (Å²) in [5.41, 5.74) is 3.19.